The predicted molar refractivity (Wildman–Crippen MR) is 65.6 cm³/mol. The van der Waals surface area contributed by atoms with Crippen LogP contribution in [0.2, 0.25) is 0 Å². The summed E-state index contributed by atoms with van der Waals surface area (Å²) in [7, 11) is 3.38. The molecule has 1 saturated heterocycles. The van der Waals surface area contributed by atoms with E-state index in [9.17, 15) is 4.79 Å². The number of amides is 1. The van der Waals surface area contributed by atoms with Gasteiger partial charge in [-0.25, -0.2) is 5.43 Å². The molecule has 4 nitrogen and oxygen atoms in total. The lowest BCUT2D eigenvalue weighted by Gasteiger charge is -2.28. The first-order chi connectivity index (χ1) is 7.74. The number of hydrazine groups is 1. The summed E-state index contributed by atoms with van der Waals surface area (Å²) in [6.07, 6.45) is 9.71. The van der Waals surface area contributed by atoms with E-state index in [1.54, 1.807) is 14.1 Å². The second kappa shape index (κ2) is 7.28. The molecule has 2 heterocycles. The van der Waals surface area contributed by atoms with Crippen LogP contribution in [0.15, 0.2) is 11.8 Å². The van der Waals surface area contributed by atoms with Gasteiger partial charge in [0.1, 0.15) is 0 Å². The summed E-state index contributed by atoms with van der Waals surface area (Å²) in [5.74, 6) is 0. The molecule has 1 N–H and O–H groups in total. The Balaban J connectivity index is 0.000000221. The summed E-state index contributed by atoms with van der Waals surface area (Å²) in [5, 5.41) is 2.34. The van der Waals surface area contributed by atoms with Crippen LogP contribution in [0.3, 0.4) is 0 Å². The van der Waals surface area contributed by atoms with Crippen LogP contribution < -0.4 is 5.43 Å². The minimum atomic E-state index is 0.750. The molecule has 0 bridgehead atoms. The molecule has 92 valence electrons. The first-order valence-corrected chi connectivity index (χ1v) is 6.06. The van der Waals surface area contributed by atoms with Crippen molar-refractivity contribution in [2.75, 3.05) is 27.2 Å². The highest BCUT2D eigenvalue weighted by Gasteiger charge is 2.14. The van der Waals surface area contributed by atoms with Gasteiger partial charge in [-0.15, -0.1) is 0 Å². The van der Waals surface area contributed by atoms with Crippen LogP contribution in [0.25, 0.3) is 0 Å². The monoisotopic (exact) mass is 225 g/mol. The number of nitrogens with one attached hydrogen (secondary N) is 1. The molecule has 0 aliphatic carbocycles. The molecule has 4 heteroatoms. The molecular formula is C12H23N3O. The molecule has 1 amide bonds. The fourth-order valence-electron chi connectivity index (χ4n) is 1.83. The SMILES string of the molecule is C1=C2CCCCNN2CCC1.CN(C)C=O. The number of hydrogen-bond acceptors (Lipinski definition) is 3. The Bertz CT molecular complexity index is 238. The summed E-state index contributed by atoms with van der Waals surface area (Å²) in [6.45, 7) is 2.38. The third-order valence-electron chi connectivity index (χ3n) is 2.69. The number of carbonyl (C=O) groups is 1. The van der Waals surface area contributed by atoms with Gasteiger partial charge in [0.15, 0.2) is 0 Å². The van der Waals surface area contributed by atoms with Gasteiger partial charge in [-0.3, -0.25) is 4.79 Å². The molecule has 0 atom stereocenters. The second-order valence-corrected chi connectivity index (χ2v) is 4.42. The minimum absolute atomic E-state index is 0.750. The van der Waals surface area contributed by atoms with Gasteiger partial charge in [0, 0.05) is 32.9 Å². The Kier molecular flexibility index (Phi) is 5.93. The van der Waals surface area contributed by atoms with Crippen LogP contribution in [0.4, 0.5) is 0 Å². The van der Waals surface area contributed by atoms with Crippen molar-refractivity contribution >= 4 is 6.41 Å². The van der Waals surface area contributed by atoms with Crippen LogP contribution in [-0.4, -0.2) is 43.5 Å². The minimum Gasteiger partial charge on any atom is -0.351 e. The third-order valence-corrected chi connectivity index (χ3v) is 2.69. The zero-order chi connectivity index (χ0) is 11.8. The van der Waals surface area contributed by atoms with E-state index in [-0.39, 0.29) is 0 Å². The molecule has 0 aromatic rings. The van der Waals surface area contributed by atoms with Gasteiger partial charge >= 0.3 is 0 Å². The highest BCUT2D eigenvalue weighted by Crippen LogP contribution is 2.19. The molecular weight excluding hydrogens is 202 g/mol. The summed E-state index contributed by atoms with van der Waals surface area (Å²) >= 11 is 0. The average molecular weight is 225 g/mol. The summed E-state index contributed by atoms with van der Waals surface area (Å²) in [5.41, 5.74) is 4.98. The summed E-state index contributed by atoms with van der Waals surface area (Å²) < 4.78 is 0. The number of fused-ring (bicyclic) bond motifs is 1. The standard InChI is InChI=1S/C9H16N2.C3H7NO/c1-3-7-10-11-8-4-2-6-9(11)5-1;1-4(2)3-5/h6,10H,1-5,7-8H2;3H,1-2H3. The molecule has 0 spiro atoms. The van der Waals surface area contributed by atoms with Crippen molar-refractivity contribution in [2.24, 2.45) is 0 Å². The van der Waals surface area contributed by atoms with Gasteiger partial charge in [-0.1, -0.05) is 6.08 Å². The molecule has 2 aliphatic rings. The van der Waals surface area contributed by atoms with E-state index in [0.29, 0.717) is 0 Å². The topological polar surface area (TPSA) is 35.6 Å². The lowest BCUT2D eigenvalue weighted by Crippen LogP contribution is -2.38. The number of allylic oxidation sites excluding steroid dienone is 2. The molecule has 16 heavy (non-hydrogen) atoms. The molecule has 0 aromatic carbocycles. The molecule has 0 saturated carbocycles. The fraction of sp³-hybridized carbons (Fsp3) is 0.750. The van der Waals surface area contributed by atoms with Gasteiger partial charge < -0.3 is 9.91 Å². The smallest absolute Gasteiger partial charge is 0.209 e. The number of rotatable bonds is 1. The Morgan fingerprint density at radius 1 is 1.38 bits per heavy atom. The van der Waals surface area contributed by atoms with E-state index < -0.39 is 0 Å². The van der Waals surface area contributed by atoms with E-state index in [1.807, 2.05) is 0 Å². The van der Waals surface area contributed by atoms with Gasteiger partial charge in [0.2, 0.25) is 6.41 Å². The number of nitrogens with zero attached hydrogens (tertiary/aromatic N) is 2. The lowest BCUT2D eigenvalue weighted by molar-refractivity contribution is -0.115. The largest absolute Gasteiger partial charge is 0.351 e. The van der Waals surface area contributed by atoms with Crippen molar-refractivity contribution in [2.45, 2.75) is 32.1 Å². The van der Waals surface area contributed by atoms with E-state index in [1.165, 1.54) is 49.2 Å². The zero-order valence-electron chi connectivity index (χ0n) is 10.4. The maximum Gasteiger partial charge on any atom is 0.209 e. The van der Waals surface area contributed by atoms with Crippen LogP contribution in [0.5, 0.6) is 0 Å². The van der Waals surface area contributed by atoms with Crippen molar-refractivity contribution in [1.29, 1.82) is 0 Å². The fourth-order valence-corrected chi connectivity index (χ4v) is 1.83. The van der Waals surface area contributed by atoms with Gasteiger partial charge in [0.05, 0.1) is 0 Å². The van der Waals surface area contributed by atoms with E-state index in [0.717, 1.165) is 13.0 Å². The Morgan fingerprint density at radius 3 is 2.81 bits per heavy atom. The van der Waals surface area contributed by atoms with Crippen molar-refractivity contribution in [3.63, 3.8) is 0 Å². The van der Waals surface area contributed by atoms with E-state index >= 15 is 0 Å². The predicted octanol–water partition coefficient (Wildman–Crippen LogP) is 1.36. The summed E-state index contributed by atoms with van der Waals surface area (Å²) in [4.78, 5) is 10.9. The van der Waals surface area contributed by atoms with E-state index in [4.69, 9.17) is 0 Å². The van der Waals surface area contributed by atoms with Crippen molar-refractivity contribution < 1.29 is 4.79 Å². The second-order valence-electron chi connectivity index (χ2n) is 4.42. The Labute approximate surface area is 98.3 Å². The highest BCUT2D eigenvalue weighted by molar-refractivity contribution is 5.45. The molecule has 0 radical (unpaired) electrons. The number of carbonyl (C=O) groups excluding carboxylic acids is 1. The lowest BCUT2D eigenvalue weighted by atomic mass is 10.1. The molecule has 0 aromatic heterocycles. The normalized spacial score (nSPS) is 19.6. The van der Waals surface area contributed by atoms with Crippen LogP contribution in [-0.2, 0) is 4.79 Å². The van der Waals surface area contributed by atoms with Crippen LogP contribution >= 0.6 is 0 Å². The molecule has 2 aliphatic heterocycles. The Morgan fingerprint density at radius 2 is 2.12 bits per heavy atom. The Hall–Kier alpha value is -1.03. The number of hydrogen-bond donors (Lipinski definition) is 1. The van der Waals surface area contributed by atoms with Crippen molar-refractivity contribution in [3.8, 4) is 0 Å². The van der Waals surface area contributed by atoms with E-state index in [2.05, 4.69) is 16.5 Å². The highest BCUT2D eigenvalue weighted by atomic mass is 16.1. The first kappa shape index (κ1) is 13.0. The van der Waals surface area contributed by atoms with Gasteiger partial charge in [0.25, 0.3) is 0 Å². The average Bonchev–Trinajstić information content (AvgIpc) is 2.54. The molecule has 2 rings (SSSR count). The van der Waals surface area contributed by atoms with Crippen LogP contribution in [0.1, 0.15) is 32.1 Å². The first-order valence-electron chi connectivity index (χ1n) is 6.06. The van der Waals surface area contributed by atoms with Crippen molar-refractivity contribution in [1.82, 2.24) is 15.3 Å². The molecule has 0 unspecified atom stereocenters. The maximum absolute atomic E-state index is 9.43. The van der Waals surface area contributed by atoms with Gasteiger partial charge in [-0.2, -0.15) is 0 Å². The maximum atomic E-state index is 9.43. The quantitative estimate of drug-likeness (QED) is 0.684. The van der Waals surface area contributed by atoms with Gasteiger partial charge in [-0.05, 0) is 32.1 Å². The summed E-state index contributed by atoms with van der Waals surface area (Å²) in [6, 6.07) is 0. The molecule has 1 fully saturated rings. The van der Waals surface area contributed by atoms with Crippen LogP contribution in [0, 0.1) is 0 Å². The van der Waals surface area contributed by atoms with Crippen molar-refractivity contribution in [3.05, 3.63) is 11.8 Å². The third kappa shape index (κ3) is 4.66. The zero-order valence-corrected chi connectivity index (χ0v) is 10.4.